The molecule has 0 unspecified atom stereocenters. The van der Waals surface area contributed by atoms with Crippen LogP contribution in [0.5, 0.6) is 0 Å². The highest BCUT2D eigenvalue weighted by Crippen LogP contribution is 2.19. The Morgan fingerprint density at radius 3 is 2.25 bits per heavy atom. The molecule has 0 aromatic heterocycles. The Balaban J connectivity index is 0.000000720. The Morgan fingerprint density at radius 1 is 0.833 bits per heavy atom. The number of fused-ring (bicyclic) bond motifs is 1. The second kappa shape index (κ2) is 3.26. The molecule has 2 rings (SSSR count). The zero-order valence-corrected chi connectivity index (χ0v) is 6.12. The predicted molar refractivity (Wildman–Crippen MR) is 55.1 cm³/mol. The van der Waals surface area contributed by atoms with Gasteiger partial charge in [0.1, 0.15) is 0 Å². The Bertz CT molecular complexity index is 374. The summed E-state index contributed by atoms with van der Waals surface area (Å²) >= 11 is 0. The summed E-state index contributed by atoms with van der Waals surface area (Å²) in [5, 5.41) is 2.34. The van der Waals surface area contributed by atoms with E-state index >= 15 is 0 Å². The third-order valence-electron chi connectivity index (χ3n) is 1.82. The molecule has 2 aromatic rings. The minimum absolute atomic E-state index is 0. The largest absolute Gasteiger partial charge is 0.398 e. The van der Waals surface area contributed by atoms with Gasteiger partial charge in [-0.1, -0.05) is 43.8 Å². The highest BCUT2D eigenvalue weighted by Gasteiger charge is 1.92. The standard InChI is InChI=1S/C10H9N.CH4/c11-10-7-3-5-8-4-1-2-6-9(8)10;/h1-7H,11H2;1H4. The Morgan fingerprint density at radius 2 is 1.50 bits per heavy atom. The molecule has 0 fully saturated rings. The lowest BCUT2D eigenvalue weighted by atomic mass is 10.1. The molecule has 0 saturated carbocycles. The van der Waals surface area contributed by atoms with E-state index in [9.17, 15) is 0 Å². The molecule has 1 heteroatoms. The van der Waals surface area contributed by atoms with Crippen molar-refractivity contribution >= 4 is 16.5 Å². The van der Waals surface area contributed by atoms with E-state index in [2.05, 4.69) is 12.1 Å². The number of anilines is 1. The summed E-state index contributed by atoms with van der Waals surface area (Å²) in [6.07, 6.45) is 0. The lowest BCUT2D eigenvalue weighted by Crippen LogP contribution is -1.84. The van der Waals surface area contributed by atoms with Gasteiger partial charge in [0.25, 0.3) is 0 Å². The zero-order chi connectivity index (χ0) is 7.68. The van der Waals surface area contributed by atoms with Crippen molar-refractivity contribution in [3.05, 3.63) is 42.5 Å². The molecule has 0 heterocycles. The van der Waals surface area contributed by atoms with E-state index in [1.165, 1.54) is 5.39 Å². The van der Waals surface area contributed by atoms with Crippen LogP contribution in [0.3, 0.4) is 0 Å². The van der Waals surface area contributed by atoms with Gasteiger partial charge in [-0.15, -0.1) is 0 Å². The Hall–Kier alpha value is -1.50. The average molecular weight is 159 g/mol. The van der Waals surface area contributed by atoms with E-state index in [-0.39, 0.29) is 7.43 Å². The molecule has 2 N–H and O–H groups in total. The fraction of sp³-hybridized carbons (Fsp3) is 0.0909. The average Bonchev–Trinajstić information content (AvgIpc) is 2.06. The predicted octanol–water partition coefficient (Wildman–Crippen LogP) is 3.06. The summed E-state index contributed by atoms with van der Waals surface area (Å²) in [5.41, 5.74) is 6.61. The van der Waals surface area contributed by atoms with Crippen molar-refractivity contribution in [3.63, 3.8) is 0 Å². The van der Waals surface area contributed by atoms with E-state index in [4.69, 9.17) is 5.73 Å². The van der Waals surface area contributed by atoms with Crippen LogP contribution in [-0.2, 0) is 0 Å². The summed E-state index contributed by atoms with van der Waals surface area (Å²) in [7, 11) is 0. The Labute approximate surface area is 72.8 Å². The van der Waals surface area contributed by atoms with Crippen LogP contribution in [0, 0.1) is 0 Å². The molecule has 0 aliphatic carbocycles. The van der Waals surface area contributed by atoms with Crippen molar-refractivity contribution in [1.82, 2.24) is 0 Å². The highest BCUT2D eigenvalue weighted by atomic mass is 14.5. The van der Waals surface area contributed by atoms with Crippen LogP contribution in [0.2, 0.25) is 0 Å². The number of benzene rings is 2. The summed E-state index contributed by atoms with van der Waals surface area (Å²) in [4.78, 5) is 0. The number of hydrogen-bond acceptors (Lipinski definition) is 1. The summed E-state index contributed by atoms with van der Waals surface area (Å²) in [6, 6.07) is 14.1. The second-order valence-corrected chi connectivity index (χ2v) is 2.57. The maximum absolute atomic E-state index is 5.76. The minimum atomic E-state index is 0. The molecule has 0 aliphatic rings. The van der Waals surface area contributed by atoms with Gasteiger partial charge in [0.15, 0.2) is 0 Å². The van der Waals surface area contributed by atoms with Gasteiger partial charge in [-0.05, 0) is 11.5 Å². The van der Waals surface area contributed by atoms with Crippen molar-refractivity contribution in [3.8, 4) is 0 Å². The van der Waals surface area contributed by atoms with E-state index in [0.717, 1.165) is 11.1 Å². The molecule has 0 bridgehead atoms. The first kappa shape index (κ1) is 8.60. The molecule has 0 aliphatic heterocycles. The van der Waals surface area contributed by atoms with Crippen LogP contribution in [0.25, 0.3) is 10.8 Å². The molecule has 0 atom stereocenters. The molecular formula is C11H13N. The smallest absolute Gasteiger partial charge is 0.0393 e. The first-order valence-electron chi connectivity index (χ1n) is 3.61. The number of nitrogen functional groups attached to an aromatic ring is 1. The van der Waals surface area contributed by atoms with Gasteiger partial charge < -0.3 is 5.73 Å². The third kappa shape index (κ3) is 1.26. The van der Waals surface area contributed by atoms with E-state index in [1.807, 2.05) is 30.3 Å². The molecule has 0 radical (unpaired) electrons. The third-order valence-corrected chi connectivity index (χ3v) is 1.82. The maximum Gasteiger partial charge on any atom is 0.0393 e. The summed E-state index contributed by atoms with van der Waals surface area (Å²) < 4.78 is 0. The monoisotopic (exact) mass is 159 g/mol. The fourth-order valence-electron chi connectivity index (χ4n) is 1.25. The van der Waals surface area contributed by atoms with Crippen LogP contribution in [0.1, 0.15) is 7.43 Å². The normalized spacial score (nSPS) is 9.33. The SMILES string of the molecule is C.Nc1cccc2ccccc12. The molecule has 0 amide bonds. The second-order valence-electron chi connectivity index (χ2n) is 2.57. The molecular weight excluding hydrogens is 146 g/mol. The van der Waals surface area contributed by atoms with Gasteiger partial charge in [0.2, 0.25) is 0 Å². The van der Waals surface area contributed by atoms with Crippen molar-refractivity contribution in [2.45, 2.75) is 7.43 Å². The lowest BCUT2D eigenvalue weighted by Gasteiger charge is -1.98. The Kier molecular flexibility index (Phi) is 2.34. The topological polar surface area (TPSA) is 26.0 Å². The van der Waals surface area contributed by atoms with Gasteiger partial charge in [-0.25, -0.2) is 0 Å². The molecule has 1 nitrogen and oxygen atoms in total. The molecule has 0 saturated heterocycles. The maximum atomic E-state index is 5.76. The quantitative estimate of drug-likeness (QED) is 0.587. The molecule has 2 aromatic carbocycles. The van der Waals surface area contributed by atoms with E-state index < -0.39 is 0 Å². The molecule has 12 heavy (non-hydrogen) atoms. The van der Waals surface area contributed by atoms with E-state index in [1.54, 1.807) is 0 Å². The van der Waals surface area contributed by atoms with Crippen LogP contribution in [0.15, 0.2) is 42.5 Å². The van der Waals surface area contributed by atoms with Gasteiger partial charge in [-0.3, -0.25) is 0 Å². The van der Waals surface area contributed by atoms with Gasteiger partial charge in [0, 0.05) is 11.1 Å². The summed E-state index contributed by atoms with van der Waals surface area (Å²) in [5.74, 6) is 0. The summed E-state index contributed by atoms with van der Waals surface area (Å²) in [6.45, 7) is 0. The van der Waals surface area contributed by atoms with Gasteiger partial charge >= 0.3 is 0 Å². The number of rotatable bonds is 0. The number of hydrogen-bond donors (Lipinski definition) is 1. The minimum Gasteiger partial charge on any atom is -0.398 e. The van der Waals surface area contributed by atoms with Crippen LogP contribution in [0.4, 0.5) is 5.69 Å². The first-order valence-corrected chi connectivity index (χ1v) is 3.61. The number of nitrogens with two attached hydrogens (primary N) is 1. The first-order chi connectivity index (χ1) is 5.38. The molecule has 0 spiro atoms. The van der Waals surface area contributed by atoms with Crippen molar-refractivity contribution in [2.24, 2.45) is 0 Å². The zero-order valence-electron chi connectivity index (χ0n) is 6.12. The van der Waals surface area contributed by atoms with Gasteiger partial charge in [-0.2, -0.15) is 0 Å². The lowest BCUT2D eigenvalue weighted by molar-refractivity contribution is 1.73. The van der Waals surface area contributed by atoms with Crippen molar-refractivity contribution < 1.29 is 0 Å². The van der Waals surface area contributed by atoms with Crippen molar-refractivity contribution in [2.75, 3.05) is 5.73 Å². The van der Waals surface area contributed by atoms with Crippen LogP contribution in [-0.4, -0.2) is 0 Å². The van der Waals surface area contributed by atoms with E-state index in [0.29, 0.717) is 0 Å². The molecule has 62 valence electrons. The van der Waals surface area contributed by atoms with Gasteiger partial charge in [0.05, 0.1) is 0 Å². The van der Waals surface area contributed by atoms with Crippen LogP contribution < -0.4 is 5.73 Å². The van der Waals surface area contributed by atoms with Crippen molar-refractivity contribution in [1.29, 1.82) is 0 Å². The fourth-order valence-corrected chi connectivity index (χ4v) is 1.25. The van der Waals surface area contributed by atoms with Crippen LogP contribution >= 0.6 is 0 Å². The highest BCUT2D eigenvalue weighted by molar-refractivity contribution is 5.92.